The van der Waals surface area contributed by atoms with Crippen molar-refractivity contribution in [1.82, 2.24) is 14.8 Å². The van der Waals surface area contributed by atoms with Gasteiger partial charge in [-0.1, -0.05) is 11.6 Å². The lowest BCUT2D eigenvalue weighted by Gasteiger charge is -2.02. The Kier molecular flexibility index (Phi) is 3.52. The number of aromatic nitrogens is 3. The molecule has 2 aromatic heterocycles. The topological polar surface area (TPSA) is 54.5 Å². The van der Waals surface area contributed by atoms with Crippen LogP contribution in [0.3, 0.4) is 0 Å². The summed E-state index contributed by atoms with van der Waals surface area (Å²) >= 11 is 8.88. The maximum atomic E-state index is 12.7. The fraction of sp³-hybridized carbons (Fsp3) is 0.100. The molecule has 0 aromatic carbocycles. The zero-order valence-electron chi connectivity index (χ0n) is 8.91. The minimum absolute atomic E-state index is 0.0835. The molecule has 0 aliphatic rings. The number of pyridine rings is 1. The van der Waals surface area contributed by atoms with Crippen molar-refractivity contribution in [2.45, 2.75) is 6.18 Å². The Morgan fingerprint density at radius 2 is 2.05 bits per heavy atom. The Morgan fingerprint density at radius 1 is 1.37 bits per heavy atom. The summed E-state index contributed by atoms with van der Waals surface area (Å²) in [6.07, 6.45) is -3.37. The lowest BCUT2D eigenvalue weighted by molar-refractivity contribution is -0.141. The molecule has 2 heterocycles. The molecule has 0 N–H and O–H groups in total. The number of halogens is 5. The molecule has 0 bridgehead atoms. The summed E-state index contributed by atoms with van der Waals surface area (Å²) in [5.74, 6) is 0.0835. The highest BCUT2D eigenvalue weighted by molar-refractivity contribution is 9.10. The highest BCUT2D eigenvalue weighted by Gasteiger charge is 2.39. The predicted molar refractivity (Wildman–Crippen MR) is 63.8 cm³/mol. The van der Waals surface area contributed by atoms with E-state index < -0.39 is 22.6 Å². The monoisotopic (exact) mass is 350 g/mol. The molecule has 2 aromatic rings. The zero-order valence-corrected chi connectivity index (χ0v) is 11.3. The highest BCUT2D eigenvalue weighted by atomic mass is 79.9. The molecule has 2 rings (SSSR count). The van der Waals surface area contributed by atoms with Crippen LogP contribution < -0.4 is 0 Å². The Morgan fingerprint density at radius 3 is 2.47 bits per heavy atom. The van der Waals surface area contributed by atoms with Gasteiger partial charge in [-0.25, -0.2) is 9.67 Å². The molecule has 0 aliphatic carbocycles. The van der Waals surface area contributed by atoms with Crippen molar-refractivity contribution in [2.24, 2.45) is 0 Å². The molecule has 0 aliphatic heterocycles. The van der Waals surface area contributed by atoms with E-state index in [0.717, 1.165) is 4.68 Å². The van der Waals surface area contributed by atoms with Gasteiger partial charge in [0.15, 0.2) is 16.7 Å². The van der Waals surface area contributed by atoms with E-state index in [-0.39, 0.29) is 5.82 Å². The average Bonchev–Trinajstić information content (AvgIpc) is 2.67. The van der Waals surface area contributed by atoms with Crippen molar-refractivity contribution in [1.29, 1.82) is 5.26 Å². The number of alkyl halides is 3. The molecule has 0 amide bonds. The van der Waals surface area contributed by atoms with Gasteiger partial charge in [0, 0.05) is 10.7 Å². The van der Waals surface area contributed by atoms with Crippen molar-refractivity contribution in [3.05, 3.63) is 39.2 Å². The second-order valence-electron chi connectivity index (χ2n) is 3.37. The van der Waals surface area contributed by atoms with Gasteiger partial charge in [-0.15, -0.1) is 0 Å². The van der Waals surface area contributed by atoms with Crippen LogP contribution >= 0.6 is 27.5 Å². The second kappa shape index (κ2) is 4.83. The maximum absolute atomic E-state index is 12.7. The van der Waals surface area contributed by atoms with Gasteiger partial charge in [-0.05, 0) is 28.1 Å². The van der Waals surface area contributed by atoms with Gasteiger partial charge in [0.1, 0.15) is 11.6 Å². The molecule has 4 nitrogen and oxygen atoms in total. The van der Waals surface area contributed by atoms with Gasteiger partial charge in [0.05, 0.1) is 0 Å². The normalized spacial score (nSPS) is 11.4. The van der Waals surface area contributed by atoms with Crippen LogP contribution in [0.25, 0.3) is 5.82 Å². The molecule has 9 heteroatoms. The standard InChI is InChI=1S/C10H3BrClF3N4/c11-5-1-2-7(17-4-5)19-9(12)6(3-16)8(18-19)10(13,14)15/h1-2,4H. The summed E-state index contributed by atoms with van der Waals surface area (Å²) in [5.41, 5.74) is -2.05. The first-order chi connectivity index (χ1) is 8.84. The molecule has 0 fully saturated rings. The van der Waals surface area contributed by atoms with Crippen LogP contribution in [0.1, 0.15) is 11.3 Å². The first-order valence-corrected chi connectivity index (χ1v) is 5.89. The second-order valence-corrected chi connectivity index (χ2v) is 4.64. The molecule has 19 heavy (non-hydrogen) atoms. The lowest BCUT2D eigenvalue weighted by atomic mass is 10.2. The van der Waals surface area contributed by atoms with Crippen LogP contribution in [-0.4, -0.2) is 14.8 Å². The summed E-state index contributed by atoms with van der Waals surface area (Å²) in [6, 6.07) is 4.39. The molecule has 0 saturated heterocycles. The van der Waals surface area contributed by atoms with Gasteiger partial charge in [-0.2, -0.15) is 23.5 Å². The molecular formula is C10H3BrClF3N4. The van der Waals surface area contributed by atoms with Crippen molar-refractivity contribution >= 4 is 27.5 Å². The summed E-state index contributed by atoms with van der Waals surface area (Å²) in [6.45, 7) is 0. The number of rotatable bonds is 1. The average molecular weight is 352 g/mol. The Hall–Kier alpha value is -1.59. The largest absolute Gasteiger partial charge is 0.436 e. The third kappa shape index (κ3) is 2.57. The van der Waals surface area contributed by atoms with E-state index in [4.69, 9.17) is 16.9 Å². The lowest BCUT2D eigenvalue weighted by Crippen LogP contribution is -2.09. The summed E-state index contributed by atoms with van der Waals surface area (Å²) in [5, 5.41) is 11.6. The van der Waals surface area contributed by atoms with Crippen LogP contribution in [-0.2, 0) is 6.18 Å². The molecule has 0 unspecified atom stereocenters. The zero-order chi connectivity index (χ0) is 14.2. The van der Waals surface area contributed by atoms with E-state index in [9.17, 15) is 13.2 Å². The van der Waals surface area contributed by atoms with Crippen molar-refractivity contribution in [2.75, 3.05) is 0 Å². The van der Waals surface area contributed by atoms with E-state index in [2.05, 4.69) is 26.0 Å². The van der Waals surface area contributed by atoms with E-state index in [1.165, 1.54) is 18.3 Å². The molecular weight excluding hydrogens is 348 g/mol. The summed E-state index contributed by atoms with van der Waals surface area (Å²) in [4.78, 5) is 3.87. The third-order valence-electron chi connectivity index (χ3n) is 2.14. The van der Waals surface area contributed by atoms with Crippen LogP contribution in [0, 0.1) is 11.3 Å². The fourth-order valence-electron chi connectivity index (χ4n) is 1.34. The van der Waals surface area contributed by atoms with Crippen LogP contribution in [0.15, 0.2) is 22.8 Å². The number of nitriles is 1. The fourth-order valence-corrected chi connectivity index (χ4v) is 1.83. The van der Waals surface area contributed by atoms with Crippen LogP contribution in [0.5, 0.6) is 0 Å². The van der Waals surface area contributed by atoms with Crippen LogP contribution in [0.4, 0.5) is 13.2 Å². The van der Waals surface area contributed by atoms with Gasteiger partial charge >= 0.3 is 6.18 Å². The van der Waals surface area contributed by atoms with Gasteiger partial charge < -0.3 is 0 Å². The van der Waals surface area contributed by atoms with Crippen molar-refractivity contribution in [3.63, 3.8) is 0 Å². The maximum Gasteiger partial charge on any atom is 0.436 e. The van der Waals surface area contributed by atoms with Gasteiger partial charge in [0.2, 0.25) is 0 Å². The Labute approximate surface area is 118 Å². The third-order valence-corrected chi connectivity index (χ3v) is 2.96. The molecule has 0 atom stereocenters. The first kappa shape index (κ1) is 13.8. The van der Waals surface area contributed by atoms with E-state index in [1.807, 2.05) is 0 Å². The van der Waals surface area contributed by atoms with E-state index in [0.29, 0.717) is 4.47 Å². The smallest absolute Gasteiger partial charge is 0.236 e. The molecule has 0 spiro atoms. The minimum Gasteiger partial charge on any atom is -0.236 e. The quantitative estimate of drug-likeness (QED) is 0.789. The Bertz CT molecular complexity index is 657. The highest BCUT2D eigenvalue weighted by Crippen LogP contribution is 2.34. The van der Waals surface area contributed by atoms with Gasteiger partial charge in [-0.3, -0.25) is 0 Å². The van der Waals surface area contributed by atoms with Crippen LogP contribution in [0.2, 0.25) is 5.15 Å². The molecule has 0 saturated carbocycles. The molecule has 98 valence electrons. The van der Waals surface area contributed by atoms with E-state index >= 15 is 0 Å². The first-order valence-electron chi connectivity index (χ1n) is 4.72. The van der Waals surface area contributed by atoms with E-state index in [1.54, 1.807) is 6.07 Å². The van der Waals surface area contributed by atoms with Gasteiger partial charge in [0.25, 0.3) is 0 Å². The predicted octanol–water partition coefficient (Wildman–Crippen LogP) is 3.57. The molecule has 0 radical (unpaired) electrons. The van der Waals surface area contributed by atoms with Crippen molar-refractivity contribution in [3.8, 4) is 11.9 Å². The summed E-state index contributed by atoms with van der Waals surface area (Å²) < 4.78 is 39.5. The number of hydrogen-bond acceptors (Lipinski definition) is 3. The number of nitrogens with zero attached hydrogens (tertiary/aromatic N) is 4. The Balaban J connectivity index is 2.64. The SMILES string of the molecule is N#Cc1c(C(F)(F)F)nn(-c2ccc(Br)cn2)c1Cl. The summed E-state index contributed by atoms with van der Waals surface area (Å²) in [7, 11) is 0. The van der Waals surface area contributed by atoms with Crippen molar-refractivity contribution < 1.29 is 13.2 Å². The number of hydrogen-bond donors (Lipinski definition) is 0. The minimum atomic E-state index is -4.75.